The van der Waals surface area contributed by atoms with E-state index in [-0.39, 0.29) is 12.2 Å². The molecule has 2 aromatic rings. The molecule has 4 amide bonds. The molecule has 178 valence electrons. The molecule has 9 N–H and O–H groups in total. The van der Waals surface area contributed by atoms with Crippen molar-refractivity contribution in [1.29, 1.82) is 0 Å². The number of carbonyl (C=O) groups is 5. The molecule has 0 aliphatic rings. The molecule has 12 nitrogen and oxygen atoms in total. The second kappa shape index (κ2) is 11.9. The first-order valence-corrected chi connectivity index (χ1v) is 10.6. The van der Waals surface area contributed by atoms with Crippen molar-refractivity contribution in [3.8, 4) is 0 Å². The molecule has 1 aromatic carbocycles. The maximum Gasteiger partial charge on any atom is 0.322 e. The minimum Gasteiger partial charge on any atom is -0.480 e. The van der Waals surface area contributed by atoms with Crippen LogP contribution in [-0.4, -0.2) is 70.1 Å². The lowest BCUT2D eigenvalue weighted by Gasteiger charge is -2.23. The Hall–Kier alpha value is -3.58. The standard InChI is InChI=1S/C20H26N6O6S/c21-12(9-33)18(30)25-15(6-16(22)27)20(32)26-14(19(31)24-8-17(28)29)5-10-7-23-13-4-2-1-3-11(10)13/h1-4,7,12,14-15,23,33H,5-6,8-9,21H2,(H2,22,27)(H,24,31)(H,25,30)(H,26,32)(H,28,29). The van der Waals surface area contributed by atoms with Crippen LogP contribution < -0.4 is 27.4 Å². The van der Waals surface area contributed by atoms with Gasteiger partial charge >= 0.3 is 5.97 Å². The largest absolute Gasteiger partial charge is 0.480 e. The van der Waals surface area contributed by atoms with Gasteiger partial charge in [-0.15, -0.1) is 0 Å². The van der Waals surface area contributed by atoms with E-state index >= 15 is 0 Å². The fourth-order valence-corrected chi connectivity index (χ4v) is 3.23. The van der Waals surface area contributed by atoms with E-state index < -0.39 is 60.7 Å². The fourth-order valence-electron chi connectivity index (χ4n) is 3.06. The zero-order chi connectivity index (χ0) is 24.5. The highest BCUT2D eigenvalue weighted by Crippen LogP contribution is 2.19. The summed E-state index contributed by atoms with van der Waals surface area (Å²) in [4.78, 5) is 63.0. The van der Waals surface area contributed by atoms with Crippen LogP contribution in [0.15, 0.2) is 30.5 Å². The molecule has 0 spiro atoms. The van der Waals surface area contributed by atoms with E-state index in [0.717, 1.165) is 10.9 Å². The highest BCUT2D eigenvalue weighted by molar-refractivity contribution is 7.80. The van der Waals surface area contributed by atoms with Gasteiger partial charge in [0.15, 0.2) is 0 Å². The molecule has 33 heavy (non-hydrogen) atoms. The number of para-hydroxylation sites is 1. The van der Waals surface area contributed by atoms with Crippen molar-refractivity contribution in [3.63, 3.8) is 0 Å². The Morgan fingerprint density at radius 1 is 1.03 bits per heavy atom. The van der Waals surface area contributed by atoms with Crippen LogP contribution in [0.2, 0.25) is 0 Å². The van der Waals surface area contributed by atoms with E-state index in [4.69, 9.17) is 16.6 Å². The zero-order valence-corrected chi connectivity index (χ0v) is 18.4. The Bertz CT molecular complexity index is 1040. The highest BCUT2D eigenvalue weighted by Gasteiger charge is 2.29. The van der Waals surface area contributed by atoms with E-state index in [9.17, 15) is 24.0 Å². The minimum atomic E-state index is -1.39. The van der Waals surface area contributed by atoms with Gasteiger partial charge in [0.2, 0.25) is 23.6 Å². The number of hydrogen-bond acceptors (Lipinski definition) is 7. The summed E-state index contributed by atoms with van der Waals surface area (Å²) in [6, 6.07) is 3.66. The average molecular weight is 479 g/mol. The van der Waals surface area contributed by atoms with E-state index in [1.807, 2.05) is 18.2 Å². The van der Waals surface area contributed by atoms with Gasteiger partial charge in [0.05, 0.1) is 12.5 Å². The summed E-state index contributed by atoms with van der Waals surface area (Å²) in [5.74, 6) is -4.47. The highest BCUT2D eigenvalue weighted by atomic mass is 32.1. The van der Waals surface area contributed by atoms with Crippen molar-refractivity contribution < 1.29 is 29.1 Å². The van der Waals surface area contributed by atoms with Crippen molar-refractivity contribution >= 4 is 53.1 Å². The van der Waals surface area contributed by atoms with Crippen molar-refractivity contribution in [2.45, 2.75) is 31.0 Å². The normalized spacial score (nSPS) is 13.5. The third kappa shape index (κ3) is 7.50. The van der Waals surface area contributed by atoms with Gasteiger partial charge in [0.25, 0.3) is 0 Å². The van der Waals surface area contributed by atoms with E-state index in [0.29, 0.717) is 5.56 Å². The second-order valence-corrected chi connectivity index (χ2v) is 7.62. The summed E-state index contributed by atoms with van der Waals surface area (Å²) < 4.78 is 0. The van der Waals surface area contributed by atoms with Crippen LogP contribution in [0, 0.1) is 0 Å². The minimum absolute atomic E-state index is 0.00245. The van der Waals surface area contributed by atoms with E-state index in [1.54, 1.807) is 12.3 Å². The molecule has 0 fully saturated rings. The van der Waals surface area contributed by atoms with Gasteiger partial charge in [-0.1, -0.05) is 18.2 Å². The van der Waals surface area contributed by atoms with Crippen LogP contribution in [0.25, 0.3) is 10.9 Å². The molecule has 2 rings (SSSR count). The van der Waals surface area contributed by atoms with Crippen molar-refractivity contribution in [3.05, 3.63) is 36.0 Å². The van der Waals surface area contributed by atoms with Crippen LogP contribution in [0.3, 0.4) is 0 Å². The number of aliphatic carboxylic acids is 1. The monoisotopic (exact) mass is 478 g/mol. The summed E-state index contributed by atoms with van der Waals surface area (Å²) in [5, 5.41) is 16.7. The molecule has 3 atom stereocenters. The van der Waals surface area contributed by atoms with Gasteiger partial charge < -0.3 is 37.5 Å². The number of thiol groups is 1. The first-order chi connectivity index (χ1) is 15.6. The number of nitrogens with one attached hydrogen (secondary N) is 4. The Kier molecular flexibility index (Phi) is 9.24. The molecule has 0 aliphatic heterocycles. The van der Waals surface area contributed by atoms with Crippen LogP contribution in [-0.2, 0) is 30.4 Å². The molecule has 0 saturated carbocycles. The number of carbonyl (C=O) groups excluding carboxylic acids is 4. The third-order valence-electron chi connectivity index (χ3n) is 4.72. The summed E-state index contributed by atoms with van der Waals surface area (Å²) in [7, 11) is 0. The Balaban J connectivity index is 2.25. The number of rotatable bonds is 12. The molecular formula is C20H26N6O6S. The van der Waals surface area contributed by atoms with Crippen LogP contribution >= 0.6 is 12.6 Å². The quantitative estimate of drug-likeness (QED) is 0.161. The number of hydrogen-bond donors (Lipinski definition) is 8. The molecule has 13 heteroatoms. The van der Waals surface area contributed by atoms with Crippen molar-refractivity contribution in [1.82, 2.24) is 20.9 Å². The number of carboxylic acid groups (broad SMARTS) is 1. The molecule has 0 radical (unpaired) electrons. The number of benzene rings is 1. The lowest BCUT2D eigenvalue weighted by molar-refractivity contribution is -0.138. The number of fused-ring (bicyclic) bond motifs is 1. The van der Waals surface area contributed by atoms with Gasteiger partial charge in [-0.3, -0.25) is 24.0 Å². The average Bonchev–Trinajstić information content (AvgIpc) is 3.18. The summed E-state index contributed by atoms with van der Waals surface area (Å²) in [5.41, 5.74) is 12.3. The van der Waals surface area contributed by atoms with Crippen LogP contribution in [0.4, 0.5) is 0 Å². The van der Waals surface area contributed by atoms with Gasteiger partial charge in [0, 0.05) is 29.3 Å². The third-order valence-corrected chi connectivity index (χ3v) is 5.11. The molecule has 1 heterocycles. The molecule has 0 aliphatic carbocycles. The fraction of sp³-hybridized carbons (Fsp3) is 0.350. The van der Waals surface area contributed by atoms with Gasteiger partial charge in [0.1, 0.15) is 18.6 Å². The van der Waals surface area contributed by atoms with E-state index in [2.05, 4.69) is 33.6 Å². The zero-order valence-electron chi connectivity index (χ0n) is 17.5. The number of amides is 4. The molecular weight excluding hydrogens is 452 g/mol. The Morgan fingerprint density at radius 3 is 2.33 bits per heavy atom. The predicted molar refractivity (Wildman–Crippen MR) is 122 cm³/mol. The SMILES string of the molecule is NC(=O)CC(NC(=O)C(N)CS)C(=O)NC(Cc1c[nH]c2ccccc12)C(=O)NCC(=O)O. The first-order valence-electron chi connectivity index (χ1n) is 9.92. The molecule has 0 bridgehead atoms. The number of H-pyrrole nitrogens is 1. The van der Waals surface area contributed by atoms with Gasteiger partial charge in [-0.25, -0.2) is 0 Å². The number of aromatic amines is 1. The molecule has 1 aromatic heterocycles. The maximum absolute atomic E-state index is 12.9. The van der Waals surface area contributed by atoms with Gasteiger partial charge in [-0.2, -0.15) is 12.6 Å². The molecule has 3 unspecified atom stereocenters. The number of aromatic nitrogens is 1. The number of primary amides is 1. The van der Waals surface area contributed by atoms with Crippen molar-refractivity contribution in [2.24, 2.45) is 11.5 Å². The number of nitrogens with two attached hydrogens (primary N) is 2. The lowest BCUT2D eigenvalue weighted by atomic mass is 10.0. The first kappa shape index (κ1) is 25.7. The van der Waals surface area contributed by atoms with Crippen molar-refractivity contribution in [2.75, 3.05) is 12.3 Å². The second-order valence-electron chi connectivity index (χ2n) is 7.26. The predicted octanol–water partition coefficient (Wildman–Crippen LogP) is -1.99. The molecule has 0 saturated heterocycles. The van der Waals surface area contributed by atoms with E-state index in [1.165, 1.54) is 0 Å². The van der Waals surface area contributed by atoms with Gasteiger partial charge in [-0.05, 0) is 11.6 Å². The Labute approximate surface area is 194 Å². The topological polar surface area (TPSA) is 209 Å². The summed E-state index contributed by atoms with van der Waals surface area (Å²) in [6.07, 6.45) is 1.14. The number of carboxylic acids is 1. The van der Waals surface area contributed by atoms with Crippen LogP contribution in [0.1, 0.15) is 12.0 Å². The lowest BCUT2D eigenvalue weighted by Crippen LogP contribution is -2.57. The summed E-state index contributed by atoms with van der Waals surface area (Å²) in [6.45, 7) is -0.655. The maximum atomic E-state index is 12.9. The smallest absolute Gasteiger partial charge is 0.322 e. The Morgan fingerprint density at radius 2 is 1.70 bits per heavy atom. The van der Waals surface area contributed by atoms with Crippen LogP contribution in [0.5, 0.6) is 0 Å². The summed E-state index contributed by atoms with van der Waals surface area (Å²) >= 11 is 3.92.